The average molecular weight is 186 g/mol. The fourth-order valence-electron chi connectivity index (χ4n) is 1.88. The van der Waals surface area contributed by atoms with Crippen LogP contribution in [0.4, 0.5) is 0 Å². The number of nitrogens with zero attached hydrogens (tertiary/aromatic N) is 1. The molecule has 0 aliphatic carbocycles. The van der Waals surface area contributed by atoms with Crippen LogP contribution in [-0.4, -0.2) is 36.5 Å². The van der Waals surface area contributed by atoms with Gasteiger partial charge in [-0.2, -0.15) is 0 Å². The van der Waals surface area contributed by atoms with Gasteiger partial charge in [-0.15, -0.1) is 0 Å². The number of hydrogen-bond acceptors (Lipinski definition) is 2. The molecular formula is C10H22N2O. The van der Waals surface area contributed by atoms with Gasteiger partial charge < -0.3 is 10.2 Å². The normalized spacial score (nSPS) is 28.5. The molecule has 1 rings (SSSR count). The number of likely N-dealkylation sites (N-methyl/N-ethyl adjacent to an activating group) is 1. The Morgan fingerprint density at radius 3 is 2.62 bits per heavy atom. The predicted molar refractivity (Wildman–Crippen MR) is 55.6 cm³/mol. The van der Waals surface area contributed by atoms with Crippen molar-refractivity contribution in [3.63, 3.8) is 0 Å². The van der Waals surface area contributed by atoms with Gasteiger partial charge in [-0.3, -0.25) is 4.79 Å². The highest BCUT2D eigenvalue weighted by molar-refractivity contribution is 5.78. The van der Waals surface area contributed by atoms with E-state index in [1.807, 2.05) is 25.8 Å². The van der Waals surface area contributed by atoms with Crippen molar-refractivity contribution in [3.05, 3.63) is 0 Å². The van der Waals surface area contributed by atoms with E-state index in [-0.39, 0.29) is 13.3 Å². The summed E-state index contributed by atoms with van der Waals surface area (Å²) in [6.45, 7) is 6.91. The second-order valence-corrected chi connectivity index (χ2v) is 4.22. The lowest BCUT2D eigenvalue weighted by Crippen LogP contribution is -2.38. The van der Waals surface area contributed by atoms with E-state index in [0.717, 1.165) is 13.0 Å². The van der Waals surface area contributed by atoms with Gasteiger partial charge in [0, 0.05) is 26.0 Å². The van der Waals surface area contributed by atoms with Gasteiger partial charge in [-0.25, -0.2) is 0 Å². The lowest BCUT2D eigenvalue weighted by atomic mass is 10.1. The van der Waals surface area contributed by atoms with E-state index in [0.29, 0.717) is 12.1 Å². The maximum absolute atomic E-state index is 11.7. The molecule has 1 aliphatic heterocycles. The van der Waals surface area contributed by atoms with Crippen molar-refractivity contribution in [3.8, 4) is 0 Å². The van der Waals surface area contributed by atoms with Gasteiger partial charge in [0.15, 0.2) is 0 Å². The summed E-state index contributed by atoms with van der Waals surface area (Å²) in [5.41, 5.74) is 0. The molecule has 0 aromatic heterocycles. The first-order chi connectivity index (χ1) is 6.06. The first-order valence-electron chi connectivity index (χ1n) is 5.04. The lowest BCUT2D eigenvalue weighted by molar-refractivity contribution is -0.135. The van der Waals surface area contributed by atoms with Crippen LogP contribution >= 0.6 is 0 Å². The molecule has 2 atom stereocenters. The van der Waals surface area contributed by atoms with Crippen LogP contribution in [-0.2, 0) is 4.79 Å². The first-order valence-corrected chi connectivity index (χ1v) is 5.04. The highest BCUT2D eigenvalue weighted by Gasteiger charge is 2.32. The quantitative estimate of drug-likeness (QED) is 0.700. The van der Waals surface area contributed by atoms with E-state index in [1.165, 1.54) is 0 Å². The van der Waals surface area contributed by atoms with Crippen LogP contribution in [0.3, 0.4) is 0 Å². The SMILES string of the molecule is CN[C@H]1C[C@@H](C)N(C(=O)C(C)C)C1.[HH]. The smallest absolute Gasteiger partial charge is 0.225 e. The molecule has 1 saturated heterocycles. The number of nitrogens with one attached hydrogen (secondary N) is 1. The molecule has 0 unspecified atom stereocenters. The zero-order chi connectivity index (χ0) is 10.0. The molecule has 1 aliphatic rings. The van der Waals surface area contributed by atoms with Crippen molar-refractivity contribution in [2.24, 2.45) is 5.92 Å². The summed E-state index contributed by atoms with van der Waals surface area (Å²) in [6.07, 6.45) is 1.08. The molecule has 0 saturated carbocycles. The number of likely N-dealkylation sites (tertiary alicyclic amines) is 1. The Bertz CT molecular complexity index is 197. The summed E-state index contributed by atoms with van der Waals surface area (Å²) in [5, 5.41) is 3.22. The molecule has 78 valence electrons. The Hall–Kier alpha value is -0.570. The van der Waals surface area contributed by atoms with Crippen LogP contribution in [0.1, 0.15) is 28.6 Å². The average Bonchev–Trinajstić information content (AvgIpc) is 2.45. The van der Waals surface area contributed by atoms with Crippen molar-refractivity contribution in [2.75, 3.05) is 13.6 Å². The minimum absolute atomic E-state index is 0. The molecule has 1 fully saturated rings. The maximum Gasteiger partial charge on any atom is 0.225 e. The molecule has 3 nitrogen and oxygen atoms in total. The van der Waals surface area contributed by atoms with Crippen molar-refractivity contribution in [1.29, 1.82) is 0 Å². The topological polar surface area (TPSA) is 32.3 Å². The van der Waals surface area contributed by atoms with Gasteiger partial charge in [0.05, 0.1) is 0 Å². The molecule has 13 heavy (non-hydrogen) atoms. The van der Waals surface area contributed by atoms with E-state index >= 15 is 0 Å². The monoisotopic (exact) mass is 186 g/mol. The third-order valence-corrected chi connectivity index (χ3v) is 2.76. The summed E-state index contributed by atoms with van der Waals surface area (Å²) in [5.74, 6) is 0.406. The Morgan fingerprint density at radius 1 is 1.62 bits per heavy atom. The Morgan fingerprint density at radius 2 is 2.23 bits per heavy atom. The van der Waals surface area contributed by atoms with Crippen LogP contribution in [0.25, 0.3) is 0 Å². The predicted octanol–water partition coefficient (Wildman–Crippen LogP) is 1.10. The van der Waals surface area contributed by atoms with Gasteiger partial charge in [0.1, 0.15) is 0 Å². The highest BCUT2D eigenvalue weighted by Crippen LogP contribution is 2.19. The zero-order valence-corrected chi connectivity index (χ0v) is 9.00. The van der Waals surface area contributed by atoms with Crippen molar-refractivity contribution in [1.82, 2.24) is 10.2 Å². The van der Waals surface area contributed by atoms with E-state index in [1.54, 1.807) is 0 Å². The van der Waals surface area contributed by atoms with Gasteiger partial charge in [-0.05, 0) is 20.4 Å². The van der Waals surface area contributed by atoms with Crippen molar-refractivity contribution in [2.45, 2.75) is 39.3 Å². The van der Waals surface area contributed by atoms with Crippen molar-refractivity contribution >= 4 is 5.91 Å². The molecule has 0 spiro atoms. The first kappa shape index (κ1) is 10.5. The molecule has 0 bridgehead atoms. The van der Waals surface area contributed by atoms with Gasteiger partial charge >= 0.3 is 0 Å². The van der Waals surface area contributed by atoms with E-state index in [9.17, 15) is 4.79 Å². The molecule has 0 aromatic rings. The number of hydrogen-bond donors (Lipinski definition) is 1. The summed E-state index contributed by atoms with van der Waals surface area (Å²) in [4.78, 5) is 13.7. The Balaban J connectivity index is 0.00000169. The van der Waals surface area contributed by atoms with Crippen LogP contribution in [0, 0.1) is 5.92 Å². The van der Waals surface area contributed by atoms with Crippen LogP contribution < -0.4 is 5.32 Å². The standard InChI is InChI=1S/C10H20N2O.H2/c1-7(2)10(13)12-6-9(11-4)5-8(12)3;/h7-9,11H,5-6H2,1-4H3;1H/t8-,9+;/m1./s1. The molecule has 1 amide bonds. The molecule has 1 heterocycles. The Kier molecular flexibility index (Phi) is 3.31. The van der Waals surface area contributed by atoms with E-state index in [4.69, 9.17) is 0 Å². The third-order valence-electron chi connectivity index (χ3n) is 2.76. The largest absolute Gasteiger partial charge is 0.338 e. The Labute approximate surface area is 82.0 Å². The zero-order valence-electron chi connectivity index (χ0n) is 9.00. The van der Waals surface area contributed by atoms with E-state index in [2.05, 4.69) is 12.2 Å². The summed E-state index contributed by atoms with van der Waals surface area (Å²) in [6, 6.07) is 0.880. The summed E-state index contributed by atoms with van der Waals surface area (Å²) < 4.78 is 0. The minimum Gasteiger partial charge on any atom is -0.338 e. The fourth-order valence-corrected chi connectivity index (χ4v) is 1.88. The number of rotatable bonds is 2. The van der Waals surface area contributed by atoms with E-state index < -0.39 is 0 Å². The number of carbonyl (C=O) groups excluding carboxylic acids is 1. The molecule has 1 N–H and O–H groups in total. The van der Waals surface area contributed by atoms with Crippen molar-refractivity contribution < 1.29 is 6.22 Å². The second-order valence-electron chi connectivity index (χ2n) is 4.22. The summed E-state index contributed by atoms with van der Waals surface area (Å²) >= 11 is 0. The maximum atomic E-state index is 11.7. The van der Waals surface area contributed by atoms with Gasteiger partial charge in [0.25, 0.3) is 0 Å². The fraction of sp³-hybridized carbons (Fsp3) is 0.900. The molecule has 0 aromatic carbocycles. The molecular weight excluding hydrogens is 164 g/mol. The highest BCUT2D eigenvalue weighted by atomic mass is 16.2. The van der Waals surface area contributed by atoms with Crippen LogP contribution in [0.5, 0.6) is 0 Å². The number of carbonyl (C=O) groups is 1. The molecule has 3 heteroatoms. The van der Waals surface area contributed by atoms with Gasteiger partial charge in [-0.1, -0.05) is 13.8 Å². The summed E-state index contributed by atoms with van der Waals surface area (Å²) in [7, 11) is 1.96. The third kappa shape index (κ3) is 2.21. The van der Waals surface area contributed by atoms with Crippen LogP contribution in [0.15, 0.2) is 0 Å². The van der Waals surface area contributed by atoms with Gasteiger partial charge in [0.2, 0.25) is 5.91 Å². The van der Waals surface area contributed by atoms with Crippen LogP contribution in [0.2, 0.25) is 0 Å². The minimum atomic E-state index is 0. The second kappa shape index (κ2) is 4.09. The lowest BCUT2D eigenvalue weighted by Gasteiger charge is -2.23. The molecule has 0 radical (unpaired) electrons. The number of amides is 1.